The molecule has 1 fully saturated rings. The molecule has 1 aromatic heterocycles. The second kappa shape index (κ2) is 6.22. The van der Waals surface area contributed by atoms with E-state index in [-0.39, 0.29) is 6.09 Å². The van der Waals surface area contributed by atoms with Crippen molar-refractivity contribution in [3.05, 3.63) is 23.4 Å². The van der Waals surface area contributed by atoms with Crippen LogP contribution in [0.2, 0.25) is 0 Å². The van der Waals surface area contributed by atoms with Crippen LogP contribution in [-0.4, -0.2) is 47.8 Å². The van der Waals surface area contributed by atoms with Crippen LogP contribution in [0.5, 0.6) is 0 Å². The van der Waals surface area contributed by atoms with Gasteiger partial charge in [0.2, 0.25) is 0 Å². The number of nitriles is 1. The van der Waals surface area contributed by atoms with Gasteiger partial charge in [-0.2, -0.15) is 5.26 Å². The molecule has 6 heteroatoms. The first-order valence-corrected chi connectivity index (χ1v) is 7.40. The predicted octanol–water partition coefficient (Wildman–Crippen LogP) is 2.32. The van der Waals surface area contributed by atoms with Crippen LogP contribution in [0.4, 0.5) is 10.6 Å². The maximum Gasteiger partial charge on any atom is 0.410 e. The Morgan fingerprint density at radius 2 is 1.95 bits per heavy atom. The van der Waals surface area contributed by atoms with E-state index in [2.05, 4.69) is 11.1 Å². The molecule has 22 heavy (non-hydrogen) atoms. The second-order valence-corrected chi connectivity index (χ2v) is 6.39. The van der Waals surface area contributed by atoms with Gasteiger partial charge < -0.3 is 14.5 Å². The summed E-state index contributed by atoms with van der Waals surface area (Å²) in [4.78, 5) is 20.1. The molecule has 1 aliphatic rings. The highest BCUT2D eigenvalue weighted by molar-refractivity contribution is 5.69. The van der Waals surface area contributed by atoms with Crippen LogP contribution >= 0.6 is 0 Å². The third kappa shape index (κ3) is 3.67. The van der Waals surface area contributed by atoms with Crippen molar-refractivity contribution in [1.29, 1.82) is 5.26 Å². The molecule has 1 amide bonds. The molecule has 0 spiro atoms. The van der Waals surface area contributed by atoms with Crippen molar-refractivity contribution in [1.82, 2.24) is 9.88 Å². The Hall–Kier alpha value is -2.29. The molecule has 6 nitrogen and oxygen atoms in total. The third-order valence-corrected chi connectivity index (χ3v) is 3.48. The van der Waals surface area contributed by atoms with E-state index in [1.165, 1.54) is 0 Å². The van der Waals surface area contributed by atoms with Crippen molar-refractivity contribution >= 4 is 11.9 Å². The van der Waals surface area contributed by atoms with Crippen LogP contribution in [-0.2, 0) is 4.74 Å². The molecule has 0 unspecified atom stereocenters. The number of amides is 1. The fraction of sp³-hybridized carbons (Fsp3) is 0.562. The van der Waals surface area contributed by atoms with Gasteiger partial charge in [0.1, 0.15) is 17.5 Å². The molecule has 0 aromatic carbocycles. The average molecular weight is 302 g/mol. The Labute approximate surface area is 131 Å². The van der Waals surface area contributed by atoms with Crippen LogP contribution < -0.4 is 4.90 Å². The normalized spacial score (nSPS) is 15.4. The van der Waals surface area contributed by atoms with Crippen molar-refractivity contribution in [3.63, 3.8) is 0 Å². The fourth-order valence-electron chi connectivity index (χ4n) is 2.35. The molecule has 1 aromatic rings. The van der Waals surface area contributed by atoms with Gasteiger partial charge in [-0.1, -0.05) is 0 Å². The largest absolute Gasteiger partial charge is 0.444 e. The number of rotatable bonds is 1. The highest BCUT2D eigenvalue weighted by Gasteiger charge is 2.27. The van der Waals surface area contributed by atoms with Crippen molar-refractivity contribution in [3.8, 4) is 6.07 Å². The van der Waals surface area contributed by atoms with Crippen molar-refractivity contribution in [2.45, 2.75) is 33.3 Å². The zero-order chi connectivity index (χ0) is 16.3. The molecule has 0 radical (unpaired) electrons. The zero-order valence-corrected chi connectivity index (χ0v) is 13.6. The number of nitrogens with zero attached hydrogens (tertiary/aromatic N) is 4. The lowest BCUT2D eigenvalue weighted by atomic mass is 10.1. The minimum atomic E-state index is -0.486. The molecule has 2 heterocycles. The number of aryl methyl sites for hydroxylation is 1. The van der Waals surface area contributed by atoms with Gasteiger partial charge in [-0.25, -0.2) is 9.78 Å². The number of carbonyl (C=O) groups is 1. The molecule has 2 rings (SSSR count). The van der Waals surface area contributed by atoms with Gasteiger partial charge in [0.05, 0.1) is 5.56 Å². The van der Waals surface area contributed by atoms with Gasteiger partial charge in [-0.15, -0.1) is 0 Å². The number of ether oxygens (including phenoxy) is 1. The Kier molecular flexibility index (Phi) is 4.55. The summed E-state index contributed by atoms with van der Waals surface area (Å²) in [6.45, 7) is 9.89. The molecule has 1 aliphatic heterocycles. The van der Waals surface area contributed by atoms with E-state index < -0.39 is 5.60 Å². The monoisotopic (exact) mass is 302 g/mol. The predicted molar refractivity (Wildman–Crippen MR) is 83.7 cm³/mol. The summed E-state index contributed by atoms with van der Waals surface area (Å²) in [5.74, 6) is 0.700. The third-order valence-electron chi connectivity index (χ3n) is 3.48. The van der Waals surface area contributed by atoms with Crippen LogP contribution in [0.1, 0.15) is 31.9 Å². The van der Waals surface area contributed by atoms with E-state index in [9.17, 15) is 10.1 Å². The van der Waals surface area contributed by atoms with Gasteiger partial charge in [-0.05, 0) is 39.3 Å². The number of carbonyl (C=O) groups excluding carboxylic acids is 1. The van der Waals surface area contributed by atoms with Gasteiger partial charge in [0.15, 0.2) is 0 Å². The summed E-state index contributed by atoms with van der Waals surface area (Å²) < 4.78 is 5.38. The van der Waals surface area contributed by atoms with E-state index in [1.54, 1.807) is 11.1 Å². The van der Waals surface area contributed by atoms with Gasteiger partial charge in [-0.3, -0.25) is 0 Å². The van der Waals surface area contributed by atoms with E-state index in [1.807, 2.05) is 38.7 Å². The minimum Gasteiger partial charge on any atom is -0.444 e. The lowest BCUT2D eigenvalue weighted by molar-refractivity contribution is 0.0240. The highest BCUT2D eigenvalue weighted by atomic mass is 16.6. The summed E-state index contributed by atoms with van der Waals surface area (Å²) in [7, 11) is 0. The molecule has 0 bridgehead atoms. The fourth-order valence-corrected chi connectivity index (χ4v) is 2.35. The number of anilines is 1. The van der Waals surface area contributed by atoms with Crippen molar-refractivity contribution in [2.75, 3.05) is 31.1 Å². The van der Waals surface area contributed by atoms with Crippen LogP contribution in [0.25, 0.3) is 0 Å². The molecule has 118 valence electrons. The van der Waals surface area contributed by atoms with Crippen LogP contribution in [0.3, 0.4) is 0 Å². The smallest absolute Gasteiger partial charge is 0.410 e. The van der Waals surface area contributed by atoms with Gasteiger partial charge in [0, 0.05) is 32.4 Å². The Morgan fingerprint density at radius 3 is 2.50 bits per heavy atom. The first-order chi connectivity index (χ1) is 10.3. The summed E-state index contributed by atoms with van der Waals surface area (Å²) in [5, 5.41) is 9.30. The lowest BCUT2D eigenvalue weighted by Gasteiger charge is -2.36. The standard InChI is InChI=1S/C16H22N4O2/c1-12-5-6-18-14(13(12)11-17)19-7-9-20(10-8-19)15(21)22-16(2,3)4/h5-6H,7-10H2,1-4H3. The molecule has 0 atom stereocenters. The van der Waals surface area contributed by atoms with E-state index in [0.29, 0.717) is 37.6 Å². The number of piperazine rings is 1. The number of hydrogen-bond donors (Lipinski definition) is 0. The molecule has 0 aliphatic carbocycles. The summed E-state index contributed by atoms with van der Waals surface area (Å²) >= 11 is 0. The Morgan fingerprint density at radius 1 is 1.32 bits per heavy atom. The van der Waals surface area contributed by atoms with E-state index >= 15 is 0 Å². The highest BCUT2D eigenvalue weighted by Crippen LogP contribution is 2.21. The summed E-state index contributed by atoms with van der Waals surface area (Å²) in [6, 6.07) is 4.05. The van der Waals surface area contributed by atoms with E-state index in [0.717, 1.165) is 5.56 Å². The topological polar surface area (TPSA) is 69.5 Å². The number of hydrogen-bond acceptors (Lipinski definition) is 5. The van der Waals surface area contributed by atoms with Gasteiger partial charge in [0.25, 0.3) is 0 Å². The Balaban J connectivity index is 2.03. The maximum absolute atomic E-state index is 12.1. The molecular formula is C16H22N4O2. The molecule has 0 saturated carbocycles. The lowest BCUT2D eigenvalue weighted by Crippen LogP contribution is -2.50. The van der Waals surface area contributed by atoms with E-state index in [4.69, 9.17) is 4.74 Å². The quantitative estimate of drug-likeness (QED) is 0.796. The minimum absolute atomic E-state index is 0.287. The molecular weight excluding hydrogens is 280 g/mol. The molecule has 1 saturated heterocycles. The number of aromatic nitrogens is 1. The number of pyridine rings is 1. The van der Waals surface area contributed by atoms with Crippen LogP contribution in [0.15, 0.2) is 12.3 Å². The SMILES string of the molecule is Cc1ccnc(N2CCN(C(=O)OC(C)(C)C)CC2)c1C#N. The van der Waals surface area contributed by atoms with Crippen LogP contribution in [0, 0.1) is 18.3 Å². The first-order valence-electron chi connectivity index (χ1n) is 7.40. The molecule has 0 N–H and O–H groups in total. The zero-order valence-electron chi connectivity index (χ0n) is 13.6. The summed E-state index contributed by atoms with van der Waals surface area (Å²) in [5.41, 5.74) is 1.04. The first kappa shape index (κ1) is 16.1. The average Bonchev–Trinajstić information content (AvgIpc) is 2.45. The second-order valence-electron chi connectivity index (χ2n) is 6.39. The van der Waals surface area contributed by atoms with Crippen molar-refractivity contribution < 1.29 is 9.53 Å². The maximum atomic E-state index is 12.1. The van der Waals surface area contributed by atoms with Gasteiger partial charge >= 0.3 is 6.09 Å². The van der Waals surface area contributed by atoms with Crippen molar-refractivity contribution in [2.24, 2.45) is 0 Å². The Bertz CT molecular complexity index is 593. The summed E-state index contributed by atoms with van der Waals surface area (Å²) in [6.07, 6.45) is 1.43.